The van der Waals surface area contributed by atoms with Crippen LogP contribution in [-0.2, 0) is 6.54 Å². The molecule has 0 aliphatic heterocycles. The van der Waals surface area contributed by atoms with Crippen molar-refractivity contribution in [3.05, 3.63) is 46.8 Å². The summed E-state index contributed by atoms with van der Waals surface area (Å²) in [6.45, 7) is 9.48. The fraction of sp³-hybridized carbons (Fsp3) is 0.400. The number of methoxy groups -OCH3 is 2. The van der Waals surface area contributed by atoms with E-state index < -0.39 is 0 Å². The Kier molecular flexibility index (Phi) is 6.44. The Balaban J connectivity index is 2.10. The molecule has 1 aromatic heterocycles. The third-order valence-corrected chi connectivity index (χ3v) is 4.18. The van der Waals surface area contributed by atoms with Crippen LogP contribution in [0, 0.1) is 19.8 Å². The molecule has 0 spiro atoms. The van der Waals surface area contributed by atoms with Crippen molar-refractivity contribution in [2.24, 2.45) is 11.0 Å². The van der Waals surface area contributed by atoms with Crippen molar-refractivity contribution in [2.45, 2.75) is 34.2 Å². The Hall–Kier alpha value is -2.76. The van der Waals surface area contributed by atoms with Gasteiger partial charge < -0.3 is 14.0 Å². The van der Waals surface area contributed by atoms with Crippen LogP contribution in [0.5, 0.6) is 11.5 Å². The van der Waals surface area contributed by atoms with Crippen molar-refractivity contribution in [2.75, 3.05) is 14.2 Å². The number of aromatic nitrogens is 1. The third-order valence-electron chi connectivity index (χ3n) is 4.18. The van der Waals surface area contributed by atoms with Crippen molar-refractivity contribution in [3.63, 3.8) is 0 Å². The van der Waals surface area contributed by atoms with Crippen LogP contribution in [0.4, 0.5) is 0 Å². The first-order chi connectivity index (χ1) is 12.4. The zero-order valence-corrected chi connectivity index (χ0v) is 16.3. The lowest BCUT2D eigenvalue weighted by molar-refractivity contribution is 0.0954. The highest BCUT2D eigenvalue weighted by Crippen LogP contribution is 2.27. The van der Waals surface area contributed by atoms with Gasteiger partial charge in [0.15, 0.2) is 11.5 Å². The first-order valence-corrected chi connectivity index (χ1v) is 8.59. The van der Waals surface area contributed by atoms with Gasteiger partial charge in [0, 0.05) is 29.1 Å². The largest absolute Gasteiger partial charge is 0.493 e. The van der Waals surface area contributed by atoms with Crippen molar-refractivity contribution >= 4 is 12.1 Å². The molecule has 1 aromatic carbocycles. The van der Waals surface area contributed by atoms with E-state index in [4.69, 9.17) is 9.47 Å². The number of ether oxygens (including phenoxy) is 2. The molecule has 0 aliphatic carbocycles. The number of rotatable bonds is 7. The maximum Gasteiger partial charge on any atom is 0.271 e. The van der Waals surface area contributed by atoms with Crippen LogP contribution >= 0.6 is 0 Å². The highest BCUT2D eigenvalue weighted by molar-refractivity contribution is 5.95. The zero-order valence-electron chi connectivity index (χ0n) is 16.3. The molecule has 0 unspecified atom stereocenters. The summed E-state index contributed by atoms with van der Waals surface area (Å²) in [5.74, 6) is 1.33. The van der Waals surface area contributed by atoms with E-state index in [2.05, 4.69) is 48.9 Å². The number of nitrogens with one attached hydrogen (secondary N) is 1. The Morgan fingerprint density at radius 2 is 1.88 bits per heavy atom. The molecule has 2 rings (SSSR count). The smallest absolute Gasteiger partial charge is 0.271 e. The van der Waals surface area contributed by atoms with Gasteiger partial charge in [-0.3, -0.25) is 4.79 Å². The molecule has 0 atom stereocenters. The number of carbonyl (C=O) groups excluding carboxylic acids is 1. The molecule has 1 heterocycles. The standard InChI is InChI=1S/C20H27N3O3/c1-13(2)12-23-14(3)9-17(15(23)4)11-21-22-20(24)16-7-8-18(25-5)19(10-16)26-6/h7-11,13H,12H2,1-6H3,(H,22,24). The SMILES string of the molecule is COc1ccc(C(=O)NN=Cc2cc(C)n(CC(C)C)c2C)cc1OC. The fourth-order valence-electron chi connectivity index (χ4n) is 2.81. The first-order valence-electron chi connectivity index (χ1n) is 8.59. The van der Waals surface area contributed by atoms with Gasteiger partial charge in [-0.25, -0.2) is 5.43 Å². The maximum absolute atomic E-state index is 12.3. The van der Waals surface area contributed by atoms with E-state index >= 15 is 0 Å². The van der Waals surface area contributed by atoms with E-state index in [0.717, 1.165) is 17.8 Å². The molecule has 6 heteroatoms. The molecule has 0 radical (unpaired) electrons. The second kappa shape index (κ2) is 8.56. The van der Waals surface area contributed by atoms with Crippen molar-refractivity contribution in [1.82, 2.24) is 9.99 Å². The average molecular weight is 357 g/mol. The van der Waals surface area contributed by atoms with Gasteiger partial charge in [0.1, 0.15) is 0 Å². The Labute approximate surface area is 154 Å². The van der Waals surface area contributed by atoms with Crippen molar-refractivity contribution in [3.8, 4) is 11.5 Å². The molecule has 2 aromatic rings. The number of carbonyl (C=O) groups is 1. The topological polar surface area (TPSA) is 64.8 Å². The van der Waals surface area contributed by atoms with Gasteiger partial charge in [-0.2, -0.15) is 5.10 Å². The monoisotopic (exact) mass is 357 g/mol. The highest BCUT2D eigenvalue weighted by atomic mass is 16.5. The van der Waals surface area contributed by atoms with Crippen molar-refractivity contribution < 1.29 is 14.3 Å². The number of hydrogen-bond acceptors (Lipinski definition) is 4. The number of benzene rings is 1. The number of hydrazone groups is 1. The lowest BCUT2D eigenvalue weighted by Crippen LogP contribution is -2.17. The van der Waals surface area contributed by atoms with Crippen LogP contribution in [0.3, 0.4) is 0 Å². The number of nitrogens with zero attached hydrogens (tertiary/aromatic N) is 2. The quantitative estimate of drug-likeness (QED) is 0.609. The Bertz CT molecular complexity index is 807. The van der Waals surface area contributed by atoms with Crippen LogP contribution in [0.25, 0.3) is 0 Å². The zero-order chi connectivity index (χ0) is 19.3. The van der Waals surface area contributed by atoms with E-state index in [1.54, 1.807) is 31.5 Å². The first kappa shape index (κ1) is 19.6. The van der Waals surface area contributed by atoms with Crippen LogP contribution in [0.15, 0.2) is 29.4 Å². The Morgan fingerprint density at radius 1 is 1.19 bits per heavy atom. The molecular weight excluding hydrogens is 330 g/mol. The summed E-state index contributed by atoms with van der Waals surface area (Å²) in [5, 5.41) is 4.10. The molecule has 0 fully saturated rings. The molecule has 0 bridgehead atoms. The fourth-order valence-corrected chi connectivity index (χ4v) is 2.81. The van der Waals surface area contributed by atoms with Gasteiger partial charge in [0.2, 0.25) is 0 Å². The second-order valence-corrected chi connectivity index (χ2v) is 6.60. The minimum atomic E-state index is -0.307. The van der Waals surface area contributed by atoms with Gasteiger partial charge in [-0.1, -0.05) is 13.8 Å². The van der Waals surface area contributed by atoms with E-state index in [9.17, 15) is 4.79 Å². The van der Waals surface area contributed by atoms with Crippen LogP contribution < -0.4 is 14.9 Å². The highest BCUT2D eigenvalue weighted by Gasteiger charge is 2.11. The summed E-state index contributed by atoms with van der Waals surface area (Å²) >= 11 is 0. The summed E-state index contributed by atoms with van der Waals surface area (Å²) in [6, 6.07) is 7.06. The minimum Gasteiger partial charge on any atom is -0.493 e. The summed E-state index contributed by atoms with van der Waals surface area (Å²) in [5.41, 5.74) is 6.33. The predicted molar refractivity (Wildman–Crippen MR) is 103 cm³/mol. The summed E-state index contributed by atoms with van der Waals surface area (Å²) < 4.78 is 12.7. The van der Waals surface area contributed by atoms with Crippen LogP contribution in [0.2, 0.25) is 0 Å². The lowest BCUT2D eigenvalue weighted by atomic mass is 10.2. The lowest BCUT2D eigenvalue weighted by Gasteiger charge is -2.11. The van der Waals surface area contributed by atoms with Gasteiger partial charge in [0.05, 0.1) is 20.4 Å². The van der Waals surface area contributed by atoms with E-state index in [1.165, 1.54) is 12.8 Å². The molecule has 1 N–H and O–H groups in total. The Morgan fingerprint density at radius 3 is 2.50 bits per heavy atom. The van der Waals surface area contributed by atoms with Crippen LogP contribution in [0.1, 0.15) is 41.2 Å². The maximum atomic E-state index is 12.3. The summed E-state index contributed by atoms with van der Waals surface area (Å²) in [4.78, 5) is 12.3. The molecule has 26 heavy (non-hydrogen) atoms. The molecule has 0 saturated heterocycles. The van der Waals surface area contributed by atoms with Gasteiger partial charge in [-0.05, 0) is 44.0 Å². The second-order valence-electron chi connectivity index (χ2n) is 6.60. The average Bonchev–Trinajstić information content (AvgIpc) is 2.88. The molecule has 0 aliphatic rings. The summed E-state index contributed by atoms with van der Waals surface area (Å²) in [6.07, 6.45) is 1.68. The van der Waals surface area contributed by atoms with Gasteiger partial charge in [-0.15, -0.1) is 0 Å². The van der Waals surface area contributed by atoms with Gasteiger partial charge in [0.25, 0.3) is 5.91 Å². The molecule has 6 nitrogen and oxygen atoms in total. The number of amides is 1. The minimum absolute atomic E-state index is 0.307. The molecule has 1 amide bonds. The molecular formula is C20H27N3O3. The molecule has 0 saturated carbocycles. The van der Waals surface area contributed by atoms with Crippen LogP contribution in [-0.4, -0.2) is 30.9 Å². The number of hydrogen-bond donors (Lipinski definition) is 1. The third kappa shape index (κ3) is 4.45. The van der Waals surface area contributed by atoms with Crippen molar-refractivity contribution in [1.29, 1.82) is 0 Å². The molecule has 140 valence electrons. The van der Waals surface area contributed by atoms with E-state index in [1.807, 2.05) is 0 Å². The van der Waals surface area contributed by atoms with Gasteiger partial charge >= 0.3 is 0 Å². The predicted octanol–water partition coefficient (Wildman–Crippen LogP) is 3.54. The normalized spacial score (nSPS) is 11.2. The summed E-state index contributed by atoms with van der Waals surface area (Å²) in [7, 11) is 3.09. The van der Waals surface area contributed by atoms with E-state index in [0.29, 0.717) is 23.0 Å². The van der Waals surface area contributed by atoms with E-state index in [-0.39, 0.29) is 5.91 Å². The number of aryl methyl sites for hydroxylation is 1.